The zero-order valence-corrected chi connectivity index (χ0v) is 17.1. The first-order valence-electron chi connectivity index (χ1n) is 9.77. The van der Waals surface area contributed by atoms with E-state index >= 15 is 0 Å². The van der Waals surface area contributed by atoms with Crippen molar-refractivity contribution >= 4 is 29.3 Å². The van der Waals surface area contributed by atoms with Crippen LogP contribution in [0.5, 0.6) is 5.75 Å². The highest BCUT2D eigenvalue weighted by Gasteiger charge is 2.23. The molecule has 6 heteroatoms. The number of anilines is 2. The number of ether oxygens (including phenoxy) is 1. The number of hydrogen-bond acceptors (Lipinski definition) is 3. The number of aryl methyl sites for hydroxylation is 1. The first kappa shape index (κ1) is 19.5. The molecule has 0 radical (unpaired) electrons. The second-order valence-electron chi connectivity index (χ2n) is 7.28. The fourth-order valence-corrected chi connectivity index (χ4v) is 3.57. The van der Waals surface area contributed by atoms with E-state index in [0.29, 0.717) is 17.1 Å². The number of para-hydroxylation sites is 1. The molecular weight excluding hydrogens is 378 g/mol. The van der Waals surface area contributed by atoms with E-state index in [-0.39, 0.29) is 11.8 Å². The van der Waals surface area contributed by atoms with Gasteiger partial charge >= 0.3 is 0 Å². The standard InChI is InChI=1S/C24H23N3O3/c1-15-13-18(16(2)27(15)20-7-5-4-6-8-20)9-12-23(28)25-19-10-11-22-21(14-19)26-24(29)17(3)30-22/h4-14,17H,1-3H3,(H,25,28)(H,26,29)/b12-9+. The Morgan fingerprint density at radius 3 is 2.67 bits per heavy atom. The third-order valence-corrected chi connectivity index (χ3v) is 5.08. The van der Waals surface area contributed by atoms with Crippen molar-refractivity contribution in [1.82, 2.24) is 4.57 Å². The highest BCUT2D eigenvalue weighted by atomic mass is 16.5. The summed E-state index contributed by atoms with van der Waals surface area (Å²) in [4.78, 5) is 24.2. The van der Waals surface area contributed by atoms with Crippen LogP contribution < -0.4 is 15.4 Å². The van der Waals surface area contributed by atoms with Crippen molar-refractivity contribution in [1.29, 1.82) is 0 Å². The average molecular weight is 401 g/mol. The van der Waals surface area contributed by atoms with Crippen molar-refractivity contribution in [3.05, 3.63) is 77.6 Å². The van der Waals surface area contributed by atoms with E-state index in [1.807, 2.05) is 38.1 Å². The lowest BCUT2D eigenvalue weighted by Crippen LogP contribution is -2.34. The molecule has 2 aromatic carbocycles. The van der Waals surface area contributed by atoms with E-state index in [1.54, 1.807) is 25.1 Å². The van der Waals surface area contributed by atoms with E-state index in [0.717, 1.165) is 22.6 Å². The van der Waals surface area contributed by atoms with E-state index < -0.39 is 6.10 Å². The molecule has 0 saturated heterocycles. The Balaban J connectivity index is 1.49. The molecule has 1 atom stereocenters. The maximum Gasteiger partial charge on any atom is 0.265 e. The average Bonchev–Trinajstić information content (AvgIpc) is 3.01. The maximum absolute atomic E-state index is 12.4. The monoisotopic (exact) mass is 401 g/mol. The minimum atomic E-state index is -0.532. The number of hydrogen-bond donors (Lipinski definition) is 2. The maximum atomic E-state index is 12.4. The predicted octanol–water partition coefficient (Wildman–Crippen LogP) is 4.47. The topological polar surface area (TPSA) is 72.4 Å². The highest BCUT2D eigenvalue weighted by molar-refractivity contribution is 6.03. The van der Waals surface area contributed by atoms with Crippen molar-refractivity contribution in [2.45, 2.75) is 26.9 Å². The Morgan fingerprint density at radius 1 is 1.13 bits per heavy atom. The molecule has 2 amide bonds. The van der Waals surface area contributed by atoms with Gasteiger partial charge in [0.15, 0.2) is 6.10 Å². The molecule has 0 bridgehead atoms. The summed E-state index contributed by atoms with van der Waals surface area (Å²) in [5.74, 6) is 0.125. The lowest BCUT2D eigenvalue weighted by Gasteiger charge is -2.23. The van der Waals surface area contributed by atoms with Gasteiger partial charge in [0.05, 0.1) is 5.69 Å². The zero-order chi connectivity index (χ0) is 21.3. The normalized spacial score (nSPS) is 15.4. The summed E-state index contributed by atoms with van der Waals surface area (Å²) >= 11 is 0. The number of carbonyl (C=O) groups excluding carboxylic acids is 2. The fourth-order valence-electron chi connectivity index (χ4n) is 3.57. The summed E-state index contributed by atoms with van der Waals surface area (Å²) in [6, 6.07) is 17.3. The van der Waals surface area contributed by atoms with E-state index in [4.69, 9.17) is 4.74 Å². The Morgan fingerprint density at radius 2 is 1.90 bits per heavy atom. The molecule has 6 nitrogen and oxygen atoms in total. The first-order valence-corrected chi connectivity index (χ1v) is 9.77. The Bertz CT molecular complexity index is 1150. The number of aromatic nitrogens is 1. The molecule has 0 saturated carbocycles. The lowest BCUT2D eigenvalue weighted by molar-refractivity contribution is -0.122. The van der Waals surface area contributed by atoms with Gasteiger partial charge in [-0.3, -0.25) is 9.59 Å². The van der Waals surface area contributed by atoms with Crippen LogP contribution in [0.25, 0.3) is 11.8 Å². The molecule has 30 heavy (non-hydrogen) atoms. The molecule has 1 aromatic heterocycles. The summed E-state index contributed by atoms with van der Waals surface area (Å²) < 4.78 is 7.69. The van der Waals surface area contributed by atoms with E-state index in [2.05, 4.69) is 33.4 Å². The molecule has 2 N–H and O–H groups in total. The number of rotatable bonds is 4. The minimum absolute atomic E-state index is 0.209. The smallest absolute Gasteiger partial charge is 0.265 e. The molecule has 0 fully saturated rings. The van der Waals surface area contributed by atoms with Crippen molar-refractivity contribution in [3.8, 4) is 11.4 Å². The summed E-state index contributed by atoms with van der Waals surface area (Å²) in [5, 5.41) is 5.60. The van der Waals surface area contributed by atoms with Gasteiger partial charge in [0.1, 0.15) is 5.75 Å². The van der Waals surface area contributed by atoms with Crippen LogP contribution >= 0.6 is 0 Å². The quantitative estimate of drug-likeness (QED) is 0.634. The Kier molecular flexibility index (Phi) is 5.14. The Labute approximate surface area is 175 Å². The van der Waals surface area contributed by atoms with Crippen LogP contribution in [0.15, 0.2) is 60.7 Å². The Hall–Kier alpha value is -3.80. The van der Waals surface area contributed by atoms with Gasteiger partial charge in [0.2, 0.25) is 5.91 Å². The number of nitrogens with zero attached hydrogens (tertiary/aromatic N) is 1. The molecule has 1 aliphatic heterocycles. The summed E-state index contributed by atoms with van der Waals surface area (Å²) in [7, 11) is 0. The summed E-state index contributed by atoms with van der Waals surface area (Å²) in [6.45, 7) is 5.76. The molecular formula is C24H23N3O3. The minimum Gasteiger partial charge on any atom is -0.479 e. The van der Waals surface area contributed by atoms with Crippen molar-refractivity contribution in [2.24, 2.45) is 0 Å². The van der Waals surface area contributed by atoms with Crippen LogP contribution in [-0.2, 0) is 9.59 Å². The molecule has 1 aliphatic rings. The second kappa shape index (κ2) is 7.91. The largest absolute Gasteiger partial charge is 0.479 e. The third-order valence-electron chi connectivity index (χ3n) is 5.08. The van der Waals surface area contributed by atoms with Crippen LogP contribution in [0.1, 0.15) is 23.9 Å². The number of amides is 2. The van der Waals surface area contributed by atoms with Crippen LogP contribution in [0.2, 0.25) is 0 Å². The molecule has 3 aromatic rings. The summed E-state index contributed by atoms with van der Waals surface area (Å²) in [5.41, 5.74) is 5.35. The predicted molar refractivity (Wildman–Crippen MR) is 118 cm³/mol. The van der Waals surface area contributed by atoms with E-state index in [1.165, 1.54) is 6.08 Å². The van der Waals surface area contributed by atoms with Gasteiger partial charge in [0.25, 0.3) is 5.91 Å². The first-order chi connectivity index (χ1) is 14.4. The van der Waals surface area contributed by atoms with Gasteiger partial charge in [-0.05, 0) is 68.8 Å². The SMILES string of the molecule is Cc1cc(/C=C/C(=O)Nc2ccc3c(c2)NC(=O)C(C)O3)c(C)n1-c1ccccc1. The van der Waals surface area contributed by atoms with Crippen LogP contribution in [-0.4, -0.2) is 22.5 Å². The van der Waals surface area contributed by atoms with Crippen LogP contribution in [0.4, 0.5) is 11.4 Å². The number of nitrogens with one attached hydrogen (secondary N) is 2. The molecule has 4 rings (SSSR count). The van der Waals surface area contributed by atoms with Crippen molar-refractivity contribution < 1.29 is 14.3 Å². The van der Waals surface area contributed by atoms with Crippen molar-refractivity contribution in [3.63, 3.8) is 0 Å². The molecule has 0 aliphatic carbocycles. The second-order valence-corrected chi connectivity index (χ2v) is 7.28. The van der Waals surface area contributed by atoms with Crippen molar-refractivity contribution in [2.75, 3.05) is 10.6 Å². The fraction of sp³-hybridized carbons (Fsp3) is 0.167. The lowest BCUT2D eigenvalue weighted by atomic mass is 10.2. The van der Waals surface area contributed by atoms with Gasteiger partial charge in [-0.2, -0.15) is 0 Å². The van der Waals surface area contributed by atoms with Crippen LogP contribution in [0.3, 0.4) is 0 Å². The third kappa shape index (κ3) is 3.85. The molecule has 2 heterocycles. The van der Waals surface area contributed by atoms with Crippen LogP contribution in [0, 0.1) is 13.8 Å². The zero-order valence-electron chi connectivity index (χ0n) is 17.1. The number of carbonyl (C=O) groups is 2. The molecule has 1 unspecified atom stereocenters. The summed E-state index contributed by atoms with van der Waals surface area (Å²) in [6.07, 6.45) is 2.78. The van der Waals surface area contributed by atoms with Gasteiger partial charge in [-0.15, -0.1) is 0 Å². The number of fused-ring (bicyclic) bond motifs is 1. The van der Waals surface area contributed by atoms with Gasteiger partial charge in [-0.25, -0.2) is 0 Å². The molecule has 0 spiro atoms. The molecule has 152 valence electrons. The number of benzene rings is 2. The van der Waals surface area contributed by atoms with Gasteiger partial charge < -0.3 is 19.9 Å². The van der Waals surface area contributed by atoms with E-state index in [9.17, 15) is 9.59 Å². The van der Waals surface area contributed by atoms with Gasteiger partial charge in [0, 0.05) is 28.8 Å². The van der Waals surface area contributed by atoms with Gasteiger partial charge in [-0.1, -0.05) is 18.2 Å². The highest BCUT2D eigenvalue weighted by Crippen LogP contribution is 2.32.